The Kier molecular flexibility index (Phi) is 5.16. The molecule has 0 bridgehead atoms. The summed E-state index contributed by atoms with van der Waals surface area (Å²) in [5, 5.41) is 11.9. The van der Waals surface area contributed by atoms with Gasteiger partial charge in [0, 0.05) is 12.6 Å². The molecule has 4 nitrogen and oxygen atoms in total. The number of hydrogen-bond donors (Lipinski definition) is 2. The van der Waals surface area contributed by atoms with E-state index < -0.39 is 0 Å². The Morgan fingerprint density at radius 2 is 2.11 bits per heavy atom. The number of aliphatic hydroxyl groups is 1. The van der Waals surface area contributed by atoms with Gasteiger partial charge in [0.15, 0.2) is 0 Å². The van der Waals surface area contributed by atoms with Crippen LogP contribution in [0.2, 0.25) is 0 Å². The molecule has 4 heteroatoms. The van der Waals surface area contributed by atoms with E-state index in [4.69, 9.17) is 9.84 Å². The standard InChI is InChI=1S/C14H21NO3/c1-9-5-6-13(18-4)12(7-9)14(17)15-11(3)10(2)8-16/h5-7,10-11,16H,8H2,1-4H3,(H,15,17). The number of hydrogen-bond acceptors (Lipinski definition) is 3. The molecule has 0 heterocycles. The highest BCUT2D eigenvalue weighted by atomic mass is 16.5. The molecule has 0 saturated carbocycles. The number of nitrogens with one attached hydrogen (secondary N) is 1. The lowest BCUT2D eigenvalue weighted by Crippen LogP contribution is -2.38. The van der Waals surface area contributed by atoms with Crippen molar-refractivity contribution in [3.05, 3.63) is 29.3 Å². The molecule has 0 aromatic heterocycles. The quantitative estimate of drug-likeness (QED) is 0.838. The highest BCUT2D eigenvalue weighted by molar-refractivity contribution is 5.97. The number of methoxy groups -OCH3 is 1. The van der Waals surface area contributed by atoms with Gasteiger partial charge in [-0.05, 0) is 31.9 Å². The highest BCUT2D eigenvalue weighted by Gasteiger charge is 2.17. The van der Waals surface area contributed by atoms with Crippen LogP contribution < -0.4 is 10.1 Å². The monoisotopic (exact) mass is 251 g/mol. The first kappa shape index (κ1) is 14.5. The van der Waals surface area contributed by atoms with Crippen molar-refractivity contribution in [2.24, 2.45) is 5.92 Å². The molecule has 2 atom stereocenters. The average Bonchev–Trinajstić information content (AvgIpc) is 2.37. The molecular formula is C14H21NO3. The third kappa shape index (κ3) is 3.47. The van der Waals surface area contributed by atoms with Crippen molar-refractivity contribution in [2.45, 2.75) is 26.8 Å². The lowest BCUT2D eigenvalue weighted by atomic mass is 10.0. The summed E-state index contributed by atoms with van der Waals surface area (Å²) < 4.78 is 5.18. The van der Waals surface area contributed by atoms with E-state index >= 15 is 0 Å². The molecule has 100 valence electrons. The van der Waals surface area contributed by atoms with Crippen molar-refractivity contribution < 1.29 is 14.6 Å². The van der Waals surface area contributed by atoms with Gasteiger partial charge in [-0.1, -0.05) is 18.6 Å². The van der Waals surface area contributed by atoms with Crippen LogP contribution in [-0.4, -0.2) is 30.8 Å². The first-order chi connectivity index (χ1) is 8.49. The number of amides is 1. The van der Waals surface area contributed by atoms with Gasteiger partial charge in [0.2, 0.25) is 0 Å². The minimum atomic E-state index is -0.177. The van der Waals surface area contributed by atoms with Crippen molar-refractivity contribution in [1.29, 1.82) is 0 Å². The predicted molar refractivity (Wildman–Crippen MR) is 70.9 cm³/mol. The smallest absolute Gasteiger partial charge is 0.255 e. The fraction of sp³-hybridized carbons (Fsp3) is 0.500. The molecule has 1 rings (SSSR count). The third-order valence-electron chi connectivity index (χ3n) is 3.10. The Hall–Kier alpha value is -1.55. The molecule has 0 fully saturated rings. The summed E-state index contributed by atoms with van der Waals surface area (Å²) in [7, 11) is 1.54. The molecule has 0 aliphatic heterocycles. The number of aliphatic hydroxyl groups excluding tert-OH is 1. The summed E-state index contributed by atoms with van der Waals surface area (Å²) in [5.74, 6) is 0.398. The Labute approximate surface area is 108 Å². The summed E-state index contributed by atoms with van der Waals surface area (Å²) in [6.07, 6.45) is 0. The van der Waals surface area contributed by atoms with Crippen molar-refractivity contribution in [1.82, 2.24) is 5.32 Å². The maximum atomic E-state index is 12.1. The maximum Gasteiger partial charge on any atom is 0.255 e. The number of carbonyl (C=O) groups excluding carboxylic acids is 1. The maximum absolute atomic E-state index is 12.1. The number of carbonyl (C=O) groups is 1. The Balaban J connectivity index is 2.87. The van der Waals surface area contributed by atoms with Crippen LogP contribution >= 0.6 is 0 Å². The minimum absolute atomic E-state index is 0.0183. The number of ether oxygens (including phenoxy) is 1. The molecule has 1 aromatic rings. The molecule has 18 heavy (non-hydrogen) atoms. The van der Waals surface area contributed by atoms with Gasteiger partial charge in [0.1, 0.15) is 5.75 Å². The molecule has 1 amide bonds. The van der Waals surface area contributed by atoms with Crippen molar-refractivity contribution in [2.75, 3.05) is 13.7 Å². The van der Waals surface area contributed by atoms with Crippen LogP contribution in [0.15, 0.2) is 18.2 Å². The Morgan fingerprint density at radius 1 is 1.44 bits per heavy atom. The van der Waals surface area contributed by atoms with E-state index in [0.717, 1.165) is 5.56 Å². The van der Waals surface area contributed by atoms with E-state index in [-0.39, 0.29) is 24.5 Å². The van der Waals surface area contributed by atoms with E-state index in [1.54, 1.807) is 19.2 Å². The summed E-state index contributed by atoms with van der Waals surface area (Å²) in [4.78, 5) is 12.1. The van der Waals surface area contributed by atoms with Gasteiger partial charge in [-0.15, -0.1) is 0 Å². The van der Waals surface area contributed by atoms with Crippen molar-refractivity contribution in [3.8, 4) is 5.75 Å². The van der Waals surface area contributed by atoms with Crippen LogP contribution in [0.4, 0.5) is 0 Å². The summed E-state index contributed by atoms with van der Waals surface area (Å²) in [6.45, 7) is 5.74. The van der Waals surface area contributed by atoms with Crippen LogP contribution in [0.25, 0.3) is 0 Å². The first-order valence-corrected chi connectivity index (χ1v) is 6.06. The van der Waals surface area contributed by atoms with E-state index in [1.807, 2.05) is 26.8 Å². The van der Waals surface area contributed by atoms with Crippen LogP contribution in [0.1, 0.15) is 29.8 Å². The van der Waals surface area contributed by atoms with E-state index in [2.05, 4.69) is 5.32 Å². The summed E-state index contributed by atoms with van der Waals surface area (Å²) in [5.41, 5.74) is 1.53. The predicted octanol–water partition coefficient (Wildman–Crippen LogP) is 1.75. The lowest BCUT2D eigenvalue weighted by molar-refractivity contribution is 0.0913. The minimum Gasteiger partial charge on any atom is -0.496 e. The van der Waals surface area contributed by atoms with Crippen LogP contribution in [-0.2, 0) is 0 Å². The zero-order valence-corrected chi connectivity index (χ0v) is 11.4. The van der Waals surface area contributed by atoms with Gasteiger partial charge >= 0.3 is 0 Å². The lowest BCUT2D eigenvalue weighted by Gasteiger charge is -2.20. The number of benzene rings is 1. The third-order valence-corrected chi connectivity index (χ3v) is 3.10. The van der Waals surface area contributed by atoms with Crippen molar-refractivity contribution in [3.63, 3.8) is 0 Å². The zero-order chi connectivity index (χ0) is 13.7. The van der Waals surface area contributed by atoms with Gasteiger partial charge in [-0.3, -0.25) is 4.79 Å². The first-order valence-electron chi connectivity index (χ1n) is 6.06. The summed E-state index contributed by atoms with van der Waals surface area (Å²) in [6, 6.07) is 5.39. The molecule has 0 saturated heterocycles. The molecular weight excluding hydrogens is 230 g/mol. The molecule has 1 aromatic carbocycles. The second-order valence-electron chi connectivity index (χ2n) is 4.63. The molecule has 0 aliphatic carbocycles. The van der Waals surface area contributed by atoms with Gasteiger partial charge in [0.05, 0.1) is 12.7 Å². The molecule has 0 spiro atoms. The van der Waals surface area contributed by atoms with Crippen LogP contribution in [0.3, 0.4) is 0 Å². The van der Waals surface area contributed by atoms with E-state index in [0.29, 0.717) is 11.3 Å². The SMILES string of the molecule is COc1ccc(C)cc1C(=O)NC(C)C(C)CO. The van der Waals surface area contributed by atoms with Crippen molar-refractivity contribution >= 4 is 5.91 Å². The van der Waals surface area contributed by atoms with Gasteiger partial charge in [-0.25, -0.2) is 0 Å². The summed E-state index contributed by atoms with van der Waals surface area (Å²) >= 11 is 0. The average molecular weight is 251 g/mol. The Morgan fingerprint density at radius 3 is 2.67 bits per heavy atom. The normalized spacial score (nSPS) is 13.8. The fourth-order valence-corrected chi connectivity index (χ4v) is 1.58. The van der Waals surface area contributed by atoms with Crippen LogP contribution in [0, 0.1) is 12.8 Å². The number of rotatable bonds is 5. The molecule has 2 unspecified atom stereocenters. The highest BCUT2D eigenvalue weighted by Crippen LogP contribution is 2.19. The molecule has 0 radical (unpaired) electrons. The molecule has 0 aliphatic rings. The second kappa shape index (κ2) is 6.40. The Bertz CT molecular complexity index is 418. The van der Waals surface area contributed by atoms with E-state index in [1.165, 1.54) is 0 Å². The fourth-order valence-electron chi connectivity index (χ4n) is 1.58. The van der Waals surface area contributed by atoms with Gasteiger partial charge in [0.25, 0.3) is 5.91 Å². The van der Waals surface area contributed by atoms with Crippen LogP contribution in [0.5, 0.6) is 5.75 Å². The number of aryl methyl sites for hydroxylation is 1. The van der Waals surface area contributed by atoms with Gasteiger partial charge in [-0.2, -0.15) is 0 Å². The largest absolute Gasteiger partial charge is 0.496 e. The zero-order valence-electron chi connectivity index (χ0n) is 11.4. The molecule has 2 N–H and O–H groups in total. The topological polar surface area (TPSA) is 58.6 Å². The van der Waals surface area contributed by atoms with E-state index in [9.17, 15) is 4.79 Å². The second-order valence-corrected chi connectivity index (χ2v) is 4.63. The van der Waals surface area contributed by atoms with Gasteiger partial charge < -0.3 is 15.2 Å².